The van der Waals surface area contributed by atoms with Crippen LogP contribution in [0.15, 0.2) is 18.3 Å². The first kappa shape index (κ1) is 15.9. The smallest absolute Gasteiger partial charge is 0.272 e. The van der Waals surface area contributed by atoms with Crippen molar-refractivity contribution in [1.82, 2.24) is 14.8 Å². The summed E-state index contributed by atoms with van der Waals surface area (Å²) in [6.07, 6.45) is 3.59. The standard InChI is InChI=1S/C15H22N4OS/c1-3-19-8-6-12(7-9-19)18(2)15(20)13-5-4-11(10-17-13)14(16)21/h4-5,10,12H,3,6-9H2,1-2H3,(H2,16,21). The fraction of sp³-hybridized carbons (Fsp3) is 0.533. The van der Waals surface area contributed by atoms with Crippen molar-refractivity contribution in [3.63, 3.8) is 0 Å². The van der Waals surface area contributed by atoms with Crippen molar-refractivity contribution in [2.45, 2.75) is 25.8 Å². The lowest BCUT2D eigenvalue weighted by molar-refractivity contribution is 0.0641. The molecule has 0 atom stereocenters. The van der Waals surface area contributed by atoms with Crippen molar-refractivity contribution in [2.75, 3.05) is 26.7 Å². The van der Waals surface area contributed by atoms with Crippen molar-refractivity contribution in [1.29, 1.82) is 0 Å². The van der Waals surface area contributed by atoms with Crippen molar-refractivity contribution >= 4 is 23.1 Å². The molecule has 0 radical (unpaired) electrons. The van der Waals surface area contributed by atoms with Gasteiger partial charge in [-0.25, -0.2) is 0 Å². The van der Waals surface area contributed by atoms with Crippen molar-refractivity contribution in [3.05, 3.63) is 29.6 Å². The van der Waals surface area contributed by atoms with Gasteiger partial charge < -0.3 is 15.5 Å². The zero-order valence-electron chi connectivity index (χ0n) is 12.6. The molecule has 0 spiro atoms. The predicted molar refractivity (Wildman–Crippen MR) is 87.4 cm³/mol. The Hall–Kier alpha value is -1.53. The minimum atomic E-state index is -0.0422. The number of thiocarbonyl (C=S) groups is 1. The van der Waals surface area contributed by atoms with E-state index in [1.165, 1.54) is 0 Å². The molecule has 1 aliphatic heterocycles. The number of likely N-dealkylation sites (tertiary alicyclic amines) is 1. The molecule has 0 unspecified atom stereocenters. The second-order valence-corrected chi connectivity index (χ2v) is 5.82. The molecule has 6 heteroatoms. The molecule has 1 aromatic heterocycles. The van der Waals surface area contributed by atoms with Gasteiger partial charge in [-0.2, -0.15) is 0 Å². The highest BCUT2D eigenvalue weighted by Crippen LogP contribution is 2.17. The molecule has 0 bridgehead atoms. The number of piperidine rings is 1. The van der Waals surface area contributed by atoms with Gasteiger partial charge in [0.25, 0.3) is 5.91 Å². The zero-order valence-corrected chi connectivity index (χ0v) is 13.4. The van der Waals surface area contributed by atoms with Gasteiger partial charge in [-0.05, 0) is 31.5 Å². The number of nitrogens with zero attached hydrogens (tertiary/aromatic N) is 3. The van der Waals surface area contributed by atoms with Crippen LogP contribution in [0.4, 0.5) is 0 Å². The minimum Gasteiger partial charge on any atom is -0.389 e. The van der Waals surface area contributed by atoms with Crippen LogP contribution in [0.1, 0.15) is 35.8 Å². The minimum absolute atomic E-state index is 0.0422. The molecule has 0 aliphatic carbocycles. The number of nitrogens with two attached hydrogens (primary N) is 1. The normalized spacial score (nSPS) is 16.7. The summed E-state index contributed by atoms with van der Waals surface area (Å²) in [4.78, 5) is 21.2. The molecule has 2 heterocycles. The topological polar surface area (TPSA) is 62.5 Å². The first-order valence-corrected chi connectivity index (χ1v) is 7.69. The predicted octanol–water partition coefficient (Wildman–Crippen LogP) is 1.27. The third kappa shape index (κ3) is 3.77. The lowest BCUT2D eigenvalue weighted by atomic mass is 10.0. The molecule has 2 N–H and O–H groups in total. The van der Waals surface area contributed by atoms with Gasteiger partial charge in [0.1, 0.15) is 10.7 Å². The molecule has 0 saturated carbocycles. The third-order valence-electron chi connectivity index (χ3n) is 4.14. The maximum absolute atomic E-state index is 12.5. The lowest BCUT2D eigenvalue weighted by Gasteiger charge is -2.36. The van der Waals surface area contributed by atoms with E-state index >= 15 is 0 Å². The fourth-order valence-electron chi connectivity index (χ4n) is 2.64. The van der Waals surface area contributed by atoms with E-state index in [0.717, 1.165) is 32.5 Å². The van der Waals surface area contributed by atoms with Crippen LogP contribution in [-0.4, -0.2) is 58.4 Å². The molecular weight excluding hydrogens is 284 g/mol. The van der Waals surface area contributed by atoms with Crippen molar-refractivity contribution in [3.8, 4) is 0 Å². The fourth-order valence-corrected chi connectivity index (χ4v) is 2.76. The number of carbonyl (C=O) groups excluding carboxylic acids is 1. The summed E-state index contributed by atoms with van der Waals surface area (Å²) in [5.41, 5.74) is 6.66. The summed E-state index contributed by atoms with van der Waals surface area (Å²) in [6, 6.07) is 3.72. The molecule has 1 fully saturated rings. The lowest BCUT2D eigenvalue weighted by Crippen LogP contribution is -2.45. The van der Waals surface area contributed by atoms with E-state index in [1.54, 1.807) is 18.3 Å². The first-order chi connectivity index (χ1) is 10.0. The van der Waals surface area contributed by atoms with Gasteiger partial charge in [-0.15, -0.1) is 0 Å². The first-order valence-electron chi connectivity index (χ1n) is 7.28. The molecular formula is C15H22N4OS. The molecule has 114 valence electrons. The quantitative estimate of drug-likeness (QED) is 0.849. The van der Waals surface area contributed by atoms with Gasteiger partial charge in [-0.1, -0.05) is 19.1 Å². The largest absolute Gasteiger partial charge is 0.389 e. The Morgan fingerprint density at radius 3 is 2.62 bits per heavy atom. The zero-order chi connectivity index (χ0) is 15.4. The second kappa shape index (κ2) is 6.95. The van der Waals surface area contributed by atoms with E-state index in [1.807, 2.05) is 11.9 Å². The Labute approximate surface area is 131 Å². The molecule has 1 aromatic rings. The highest BCUT2D eigenvalue weighted by atomic mass is 32.1. The maximum Gasteiger partial charge on any atom is 0.272 e. The summed E-state index contributed by atoms with van der Waals surface area (Å²) in [5, 5.41) is 0. The third-order valence-corrected chi connectivity index (χ3v) is 4.38. The summed E-state index contributed by atoms with van der Waals surface area (Å²) >= 11 is 4.89. The Bertz CT molecular complexity index is 509. The maximum atomic E-state index is 12.5. The van der Waals surface area contributed by atoms with Crippen molar-refractivity contribution in [2.24, 2.45) is 5.73 Å². The summed E-state index contributed by atoms with van der Waals surface area (Å²) in [5.74, 6) is -0.0422. The molecule has 0 aromatic carbocycles. The number of pyridine rings is 1. The van der Waals surface area contributed by atoms with Crippen molar-refractivity contribution < 1.29 is 4.79 Å². The van der Waals surface area contributed by atoms with Crippen LogP contribution in [0.5, 0.6) is 0 Å². The molecule has 21 heavy (non-hydrogen) atoms. The molecule has 2 rings (SSSR count). The number of hydrogen-bond donors (Lipinski definition) is 1. The highest BCUT2D eigenvalue weighted by molar-refractivity contribution is 7.80. The van der Waals surface area contributed by atoms with Crippen LogP contribution in [0, 0.1) is 0 Å². The SMILES string of the molecule is CCN1CCC(N(C)C(=O)c2ccc(C(N)=S)cn2)CC1. The molecule has 5 nitrogen and oxygen atoms in total. The number of amides is 1. The Kier molecular flexibility index (Phi) is 5.25. The summed E-state index contributed by atoms with van der Waals surface area (Å²) in [6.45, 7) is 5.34. The van der Waals surface area contributed by atoms with E-state index in [0.29, 0.717) is 16.2 Å². The van der Waals surface area contributed by atoms with Crippen LogP contribution in [0.3, 0.4) is 0 Å². The average molecular weight is 306 g/mol. The average Bonchev–Trinajstić information content (AvgIpc) is 2.53. The Morgan fingerprint density at radius 2 is 2.14 bits per heavy atom. The van der Waals surface area contributed by atoms with E-state index < -0.39 is 0 Å². The van der Waals surface area contributed by atoms with Crippen LogP contribution in [0.25, 0.3) is 0 Å². The van der Waals surface area contributed by atoms with Gasteiger partial charge in [0.2, 0.25) is 0 Å². The number of rotatable bonds is 4. The van der Waals surface area contributed by atoms with E-state index in [-0.39, 0.29) is 11.9 Å². The van der Waals surface area contributed by atoms with E-state index in [4.69, 9.17) is 18.0 Å². The van der Waals surface area contributed by atoms with Gasteiger partial charge >= 0.3 is 0 Å². The highest BCUT2D eigenvalue weighted by Gasteiger charge is 2.25. The monoisotopic (exact) mass is 306 g/mol. The van der Waals surface area contributed by atoms with Crippen LogP contribution >= 0.6 is 12.2 Å². The Morgan fingerprint density at radius 1 is 1.48 bits per heavy atom. The molecule has 1 amide bonds. The van der Waals surface area contributed by atoms with Gasteiger partial charge in [0.05, 0.1) is 0 Å². The van der Waals surface area contributed by atoms with Crippen LogP contribution in [0.2, 0.25) is 0 Å². The number of hydrogen-bond acceptors (Lipinski definition) is 4. The number of carbonyl (C=O) groups is 1. The molecule has 1 saturated heterocycles. The second-order valence-electron chi connectivity index (χ2n) is 5.38. The van der Waals surface area contributed by atoms with Crippen LogP contribution in [-0.2, 0) is 0 Å². The van der Waals surface area contributed by atoms with E-state index in [9.17, 15) is 4.79 Å². The van der Waals surface area contributed by atoms with Gasteiger partial charge in [-0.3, -0.25) is 9.78 Å². The summed E-state index contributed by atoms with van der Waals surface area (Å²) < 4.78 is 0. The molecule has 1 aliphatic rings. The van der Waals surface area contributed by atoms with Gasteiger partial charge in [0.15, 0.2) is 0 Å². The summed E-state index contributed by atoms with van der Waals surface area (Å²) in [7, 11) is 1.86. The van der Waals surface area contributed by atoms with E-state index in [2.05, 4.69) is 16.8 Å². The number of aromatic nitrogens is 1. The van der Waals surface area contributed by atoms with Gasteiger partial charge in [0, 0.05) is 37.9 Å². The Balaban J connectivity index is 2.00. The van der Waals surface area contributed by atoms with Crippen LogP contribution < -0.4 is 5.73 Å².